The first-order valence-electron chi connectivity index (χ1n) is 9.03. The Kier molecular flexibility index (Phi) is 4.90. The normalized spacial score (nSPS) is 21.6. The Morgan fingerprint density at radius 2 is 1.76 bits per heavy atom. The van der Waals surface area contributed by atoms with Crippen molar-refractivity contribution in [3.63, 3.8) is 0 Å². The van der Waals surface area contributed by atoms with Crippen molar-refractivity contribution in [3.8, 4) is 5.75 Å². The zero-order valence-corrected chi connectivity index (χ0v) is 14.4. The molecule has 2 saturated heterocycles. The van der Waals surface area contributed by atoms with Crippen LogP contribution in [0, 0.1) is 0 Å². The van der Waals surface area contributed by atoms with E-state index < -0.39 is 6.10 Å². The molecule has 1 atom stereocenters. The number of rotatable bonds is 5. The number of hydrogen-bond acceptors (Lipinski definition) is 5. The second-order valence-corrected chi connectivity index (χ2v) is 6.85. The highest BCUT2D eigenvalue weighted by Gasteiger charge is 2.39. The molecule has 2 aromatic carbocycles. The molecule has 2 aromatic rings. The summed E-state index contributed by atoms with van der Waals surface area (Å²) in [5.41, 5.74) is 0. The van der Waals surface area contributed by atoms with Gasteiger partial charge < -0.3 is 24.2 Å². The number of benzene rings is 2. The molecule has 2 aliphatic rings. The van der Waals surface area contributed by atoms with Crippen molar-refractivity contribution >= 4 is 10.8 Å². The maximum Gasteiger partial charge on any atom is 0.170 e. The number of piperidine rings is 1. The van der Waals surface area contributed by atoms with Gasteiger partial charge in [0, 0.05) is 37.9 Å². The van der Waals surface area contributed by atoms with E-state index in [0.717, 1.165) is 42.5 Å². The number of nitrogens with zero attached hydrogens (tertiary/aromatic N) is 1. The molecule has 0 aliphatic carbocycles. The van der Waals surface area contributed by atoms with Crippen molar-refractivity contribution in [3.05, 3.63) is 42.5 Å². The molecule has 1 N–H and O–H groups in total. The molecular formula is C20H25NO4. The lowest BCUT2D eigenvalue weighted by Crippen LogP contribution is -2.47. The van der Waals surface area contributed by atoms with Gasteiger partial charge in [-0.05, 0) is 11.5 Å². The number of aliphatic hydroxyl groups excluding tert-OH is 1. The van der Waals surface area contributed by atoms with E-state index in [1.54, 1.807) is 0 Å². The van der Waals surface area contributed by atoms with Gasteiger partial charge in [0.15, 0.2) is 5.79 Å². The van der Waals surface area contributed by atoms with Crippen molar-refractivity contribution < 1.29 is 19.3 Å². The molecule has 134 valence electrons. The zero-order valence-electron chi connectivity index (χ0n) is 14.4. The van der Waals surface area contributed by atoms with E-state index in [9.17, 15) is 5.11 Å². The van der Waals surface area contributed by atoms with E-state index in [4.69, 9.17) is 14.2 Å². The molecule has 0 radical (unpaired) electrons. The minimum Gasteiger partial charge on any atom is -0.490 e. The first kappa shape index (κ1) is 16.8. The van der Waals surface area contributed by atoms with Crippen LogP contribution in [-0.2, 0) is 9.47 Å². The molecule has 0 amide bonds. The molecule has 1 unspecified atom stereocenters. The largest absolute Gasteiger partial charge is 0.490 e. The van der Waals surface area contributed by atoms with E-state index >= 15 is 0 Å². The minimum atomic E-state index is -0.515. The number of likely N-dealkylation sites (tertiary alicyclic amines) is 1. The van der Waals surface area contributed by atoms with Crippen LogP contribution in [-0.4, -0.2) is 61.4 Å². The van der Waals surface area contributed by atoms with Crippen LogP contribution in [0.5, 0.6) is 5.75 Å². The Balaban J connectivity index is 1.28. The summed E-state index contributed by atoms with van der Waals surface area (Å²) in [6, 6.07) is 14.1. The van der Waals surface area contributed by atoms with Gasteiger partial charge in [-0.2, -0.15) is 0 Å². The number of hydrogen-bond donors (Lipinski definition) is 1. The lowest BCUT2D eigenvalue weighted by Gasteiger charge is -2.38. The predicted molar refractivity (Wildman–Crippen MR) is 95.8 cm³/mol. The van der Waals surface area contributed by atoms with Gasteiger partial charge in [0.05, 0.1) is 13.2 Å². The summed E-state index contributed by atoms with van der Waals surface area (Å²) in [5.74, 6) is 0.462. The second-order valence-electron chi connectivity index (χ2n) is 6.85. The Hall–Kier alpha value is -1.66. The molecule has 4 rings (SSSR count). The van der Waals surface area contributed by atoms with Crippen LogP contribution in [0.2, 0.25) is 0 Å². The number of fused-ring (bicyclic) bond motifs is 1. The third-order valence-electron chi connectivity index (χ3n) is 5.08. The Morgan fingerprint density at radius 1 is 1.04 bits per heavy atom. The van der Waals surface area contributed by atoms with Crippen LogP contribution >= 0.6 is 0 Å². The number of ether oxygens (including phenoxy) is 3. The average molecular weight is 343 g/mol. The smallest absolute Gasteiger partial charge is 0.170 e. The Morgan fingerprint density at radius 3 is 2.56 bits per heavy atom. The van der Waals surface area contributed by atoms with Gasteiger partial charge in [0.2, 0.25) is 0 Å². The van der Waals surface area contributed by atoms with Gasteiger partial charge in [0.25, 0.3) is 0 Å². The topological polar surface area (TPSA) is 51.2 Å². The molecule has 5 heteroatoms. The lowest BCUT2D eigenvalue weighted by molar-refractivity contribution is -0.186. The highest BCUT2D eigenvalue weighted by Crippen LogP contribution is 2.31. The van der Waals surface area contributed by atoms with Crippen LogP contribution in [0.1, 0.15) is 12.8 Å². The number of β-amino-alcohol motifs (C(OH)–C–C–N with tert-alkyl or cyclic N) is 1. The Bertz CT molecular complexity index is 698. The third kappa shape index (κ3) is 3.80. The molecule has 5 nitrogen and oxygen atoms in total. The minimum absolute atomic E-state index is 0.294. The molecule has 2 fully saturated rings. The quantitative estimate of drug-likeness (QED) is 0.904. The van der Waals surface area contributed by atoms with Gasteiger partial charge >= 0.3 is 0 Å². The van der Waals surface area contributed by atoms with E-state index in [0.29, 0.717) is 26.4 Å². The monoisotopic (exact) mass is 343 g/mol. The maximum atomic E-state index is 10.4. The molecule has 0 saturated carbocycles. The second kappa shape index (κ2) is 7.30. The molecule has 0 bridgehead atoms. The lowest BCUT2D eigenvalue weighted by atomic mass is 10.0. The van der Waals surface area contributed by atoms with Gasteiger partial charge in [0.1, 0.15) is 18.5 Å². The van der Waals surface area contributed by atoms with E-state index in [2.05, 4.69) is 17.0 Å². The molecule has 0 aromatic heterocycles. The summed E-state index contributed by atoms with van der Waals surface area (Å²) in [4.78, 5) is 2.26. The van der Waals surface area contributed by atoms with Crippen molar-refractivity contribution in [1.82, 2.24) is 4.90 Å². The van der Waals surface area contributed by atoms with Crippen LogP contribution in [0.3, 0.4) is 0 Å². The van der Waals surface area contributed by atoms with Crippen molar-refractivity contribution in [1.29, 1.82) is 0 Å². The van der Waals surface area contributed by atoms with Crippen molar-refractivity contribution in [2.24, 2.45) is 0 Å². The first-order chi connectivity index (χ1) is 12.2. The summed E-state index contributed by atoms with van der Waals surface area (Å²) in [6.45, 7) is 4.06. The van der Waals surface area contributed by atoms with Crippen LogP contribution in [0.25, 0.3) is 10.8 Å². The summed E-state index contributed by atoms with van der Waals surface area (Å²) >= 11 is 0. The van der Waals surface area contributed by atoms with Gasteiger partial charge in [-0.25, -0.2) is 0 Å². The van der Waals surface area contributed by atoms with Gasteiger partial charge in [-0.15, -0.1) is 0 Å². The maximum absolute atomic E-state index is 10.4. The molecular weight excluding hydrogens is 318 g/mol. The molecule has 25 heavy (non-hydrogen) atoms. The number of aliphatic hydroxyl groups is 1. The SMILES string of the molecule is OC(COc1cccc2ccccc12)CN1CCC2(CC1)OCCO2. The predicted octanol–water partition coefficient (Wildman–Crippen LogP) is 2.42. The molecule has 2 heterocycles. The summed E-state index contributed by atoms with van der Waals surface area (Å²) < 4.78 is 17.4. The van der Waals surface area contributed by atoms with Crippen molar-refractivity contribution in [2.45, 2.75) is 24.7 Å². The fourth-order valence-corrected chi connectivity index (χ4v) is 3.72. The first-order valence-corrected chi connectivity index (χ1v) is 9.03. The van der Waals surface area contributed by atoms with Crippen LogP contribution < -0.4 is 4.74 Å². The van der Waals surface area contributed by atoms with Crippen molar-refractivity contribution in [2.75, 3.05) is 39.5 Å². The van der Waals surface area contributed by atoms with E-state index in [1.165, 1.54) is 0 Å². The van der Waals surface area contributed by atoms with Crippen LogP contribution in [0.4, 0.5) is 0 Å². The third-order valence-corrected chi connectivity index (χ3v) is 5.08. The van der Waals surface area contributed by atoms with E-state index in [1.807, 2.05) is 30.3 Å². The van der Waals surface area contributed by atoms with Crippen LogP contribution in [0.15, 0.2) is 42.5 Å². The zero-order chi connectivity index (χ0) is 17.1. The fraction of sp³-hybridized carbons (Fsp3) is 0.500. The summed E-state index contributed by atoms with van der Waals surface area (Å²) in [6.07, 6.45) is 1.21. The highest BCUT2D eigenvalue weighted by atomic mass is 16.7. The summed E-state index contributed by atoms with van der Waals surface area (Å²) in [7, 11) is 0. The molecule has 2 aliphatic heterocycles. The summed E-state index contributed by atoms with van der Waals surface area (Å²) in [5, 5.41) is 12.6. The Labute approximate surface area is 148 Å². The highest BCUT2D eigenvalue weighted by molar-refractivity contribution is 5.88. The fourth-order valence-electron chi connectivity index (χ4n) is 3.72. The molecule has 1 spiro atoms. The van der Waals surface area contributed by atoms with Gasteiger partial charge in [-0.1, -0.05) is 36.4 Å². The average Bonchev–Trinajstić information content (AvgIpc) is 3.10. The van der Waals surface area contributed by atoms with E-state index in [-0.39, 0.29) is 5.79 Å². The van der Waals surface area contributed by atoms with Gasteiger partial charge in [-0.3, -0.25) is 0 Å². The standard InChI is InChI=1S/C20H25NO4/c22-17(14-21-10-8-20(9-11-21)24-12-13-25-20)15-23-19-7-3-5-16-4-1-2-6-18(16)19/h1-7,17,22H,8-15H2.